The maximum absolute atomic E-state index is 12.4. The summed E-state index contributed by atoms with van der Waals surface area (Å²) in [5.41, 5.74) is 1.27. The molecule has 2 N–H and O–H groups in total. The first-order chi connectivity index (χ1) is 14.9. The van der Waals surface area contributed by atoms with Crippen LogP contribution in [0.15, 0.2) is 64.5 Å². The van der Waals surface area contributed by atoms with Crippen molar-refractivity contribution in [1.82, 2.24) is 19.7 Å². The summed E-state index contributed by atoms with van der Waals surface area (Å²) in [6, 6.07) is 16.7. The van der Waals surface area contributed by atoms with Crippen LogP contribution in [-0.4, -0.2) is 50.8 Å². The molecule has 3 rings (SSSR count). The Morgan fingerprint density at radius 1 is 1.16 bits per heavy atom. The number of thioether (sulfide) groups is 1. The zero-order chi connectivity index (χ0) is 22.2. The Balaban J connectivity index is 1.51. The van der Waals surface area contributed by atoms with E-state index < -0.39 is 0 Å². The van der Waals surface area contributed by atoms with Gasteiger partial charge in [-0.1, -0.05) is 65.8 Å². The average molecular weight is 460 g/mol. The van der Waals surface area contributed by atoms with Crippen LogP contribution < -0.4 is 11.0 Å². The highest BCUT2D eigenvalue weighted by atomic mass is 35.5. The number of hydrogen-bond acceptors (Lipinski definition) is 5. The SMILES string of the molecule is CN(CC(=O)Nc1ccccc1Cl)C(=O)CSc1n[nH]c(=O)n1CCc1ccccc1. The van der Waals surface area contributed by atoms with Gasteiger partial charge in [0.2, 0.25) is 11.8 Å². The number of amides is 2. The maximum atomic E-state index is 12.4. The van der Waals surface area contributed by atoms with E-state index in [0.29, 0.717) is 28.8 Å². The molecule has 0 bridgehead atoms. The first-order valence-corrected chi connectivity index (χ1v) is 10.9. The van der Waals surface area contributed by atoms with Crippen molar-refractivity contribution in [3.8, 4) is 0 Å². The Labute approximate surface area is 188 Å². The summed E-state index contributed by atoms with van der Waals surface area (Å²) < 4.78 is 1.51. The number of benzene rings is 2. The van der Waals surface area contributed by atoms with Gasteiger partial charge in [0.05, 0.1) is 23.0 Å². The standard InChI is InChI=1S/C21H22ClN5O3S/c1-26(13-18(28)23-17-10-6-5-9-16(17)22)19(29)14-31-21-25-24-20(30)27(21)12-11-15-7-3-2-4-8-15/h2-10H,11-14H2,1H3,(H,23,28)(H,24,30). The van der Waals surface area contributed by atoms with Crippen molar-refractivity contribution in [1.29, 1.82) is 0 Å². The number of carbonyl (C=O) groups is 2. The van der Waals surface area contributed by atoms with Crippen molar-refractivity contribution in [2.24, 2.45) is 0 Å². The Morgan fingerprint density at radius 3 is 2.61 bits per heavy atom. The Morgan fingerprint density at radius 2 is 1.87 bits per heavy atom. The van der Waals surface area contributed by atoms with Gasteiger partial charge >= 0.3 is 5.69 Å². The second kappa shape index (κ2) is 10.8. The van der Waals surface area contributed by atoms with Gasteiger partial charge in [-0.05, 0) is 24.1 Å². The molecule has 0 radical (unpaired) electrons. The first-order valence-electron chi connectivity index (χ1n) is 9.54. The summed E-state index contributed by atoms with van der Waals surface area (Å²) in [5, 5.41) is 9.97. The van der Waals surface area contributed by atoms with Crippen LogP contribution >= 0.6 is 23.4 Å². The predicted octanol–water partition coefficient (Wildman–Crippen LogP) is 2.66. The summed E-state index contributed by atoms with van der Waals surface area (Å²) in [4.78, 5) is 38.0. The van der Waals surface area contributed by atoms with E-state index in [-0.39, 0.29) is 29.8 Å². The monoisotopic (exact) mass is 459 g/mol. The summed E-state index contributed by atoms with van der Waals surface area (Å²) in [6.45, 7) is 0.331. The fraction of sp³-hybridized carbons (Fsp3) is 0.238. The van der Waals surface area contributed by atoms with Gasteiger partial charge < -0.3 is 10.2 Å². The van der Waals surface area contributed by atoms with Crippen LogP contribution in [0, 0.1) is 0 Å². The lowest BCUT2D eigenvalue weighted by Crippen LogP contribution is -2.36. The third-order valence-corrected chi connectivity index (χ3v) is 5.76. The molecule has 0 spiro atoms. The average Bonchev–Trinajstić information content (AvgIpc) is 3.12. The van der Waals surface area contributed by atoms with E-state index >= 15 is 0 Å². The van der Waals surface area contributed by atoms with Crippen LogP contribution in [0.3, 0.4) is 0 Å². The molecule has 2 amide bonds. The number of para-hydroxylation sites is 1. The predicted molar refractivity (Wildman–Crippen MR) is 121 cm³/mol. The second-order valence-corrected chi connectivity index (χ2v) is 8.11. The van der Waals surface area contributed by atoms with E-state index in [2.05, 4.69) is 15.5 Å². The number of rotatable bonds is 9. The molecular weight excluding hydrogens is 438 g/mol. The Hall–Kier alpha value is -3.04. The minimum Gasteiger partial charge on any atom is -0.336 e. The van der Waals surface area contributed by atoms with E-state index in [9.17, 15) is 14.4 Å². The van der Waals surface area contributed by atoms with Gasteiger partial charge in [-0.15, -0.1) is 5.10 Å². The van der Waals surface area contributed by atoms with Gasteiger partial charge in [-0.2, -0.15) is 0 Å². The second-order valence-electron chi connectivity index (χ2n) is 6.77. The highest BCUT2D eigenvalue weighted by Gasteiger charge is 2.16. The zero-order valence-corrected chi connectivity index (χ0v) is 18.4. The number of aromatic nitrogens is 3. The van der Waals surface area contributed by atoms with E-state index in [1.54, 1.807) is 31.3 Å². The number of hydrogen-bond donors (Lipinski definition) is 2. The van der Waals surface area contributed by atoms with Crippen LogP contribution in [0.5, 0.6) is 0 Å². The van der Waals surface area contributed by atoms with Crippen molar-refractivity contribution in [3.05, 3.63) is 75.7 Å². The highest BCUT2D eigenvalue weighted by molar-refractivity contribution is 7.99. The largest absolute Gasteiger partial charge is 0.343 e. The van der Waals surface area contributed by atoms with Crippen molar-refractivity contribution in [2.45, 2.75) is 18.1 Å². The van der Waals surface area contributed by atoms with Crippen LogP contribution in [0.2, 0.25) is 5.02 Å². The Kier molecular flexibility index (Phi) is 7.91. The lowest BCUT2D eigenvalue weighted by Gasteiger charge is -2.17. The van der Waals surface area contributed by atoms with E-state index in [0.717, 1.165) is 17.3 Å². The molecule has 0 aliphatic heterocycles. The number of H-pyrrole nitrogens is 1. The lowest BCUT2D eigenvalue weighted by atomic mass is 10.1. The third kappa shape index (κ3) is 6.47. The molecule has 0 saturated heterocycles. The van der Waals surface area contributed by atoms with Gasteiger partial charge in [0.25, 0.3) is 0 Å². The van der Waals surface area contributed by atoms with Crippen molar-refractivity contribution in [2.75, 3.05) is 24.7 Å². The number of anilines is 1. The van der Waals surface area contributed by atoms with Gasteiger partial charge in [-0.3, -0.25) is 14.2 Å². The summed E-state index contributed by atoms with van der Waals surface area (Å²) in [7, 11) is 1.54. The summed E-state index contributed by atoms with van der Waals surface area (Å²) in [6.07, 6.45) is 0.671. The van der Waals surface area contributed by atoms with E-state index in [1.807, 2.05) is 30.3 Å². The molecule has 0 unspecified atom stereocenters. The smallest absolute Gasteiger partial charge is 0.336 e. The molecular formula is C21H22ClN5O3S. The fourth-order valence-electron chi connectivity index (χ4n) is 2.79. The van der Waals surface area contributed by atoms with Crippen LogP contribution in [0.1, 0.15) is 5.56 Å². The van der Waals surface area contributed by atoms with Crippen LogP contribution in [-0.2, 0) is 22.6 Å². The van der Waals surface area contributed by atoms with E-state index in [1.165, 1.54) is 9.47 Å². The summed E-state index contributed by atoms with van der Waals surface area (Å²) >= 11 is 7.18. The minimum absolute atomic E-state index is 0.0471. The van der Waals surface area contributed by atoms with Crippen LogP contribution in [0.4, 0.5) is 5.69 Å². The molecule has 3 aromatic rings. The van der Waals surface area contributed by atoms with Gasteiger partial charge in [0, 0.05) is 13.6 Å². The van der Waals surface area contributed by atoms with Gasteiger partial charge in [0.1, 0.15) is 0 Å². The molecule has 1 heterocycles. The highest BCUT2D eigenvalue weighted by Crippen LogP contribution is 2.20. The zero-order valence-electron chi connectivity index (χ0n) is 16.9. The van der Waals surface area contributed by atoms with Crippen LogP contribution in [0.25, 0.3) is 0 Å². The molecule has 10 heteroatoms. The lowest BCUT2D eigenvalue weighted by molar-refractivity contribution is -0.131. The Bertz CT molecular complexity index is 1100. The molecule has 8 nitrogen and oxygen atoms in total. The van der Waals surface area contributed by atoms with Crippen molar-refractivity contribution >= 4 is 40.9 Å². The molecule has 2 aromatic carbocycles. The van der Waals surface area contributed by atoms with Gasteiger partial charge in [0.15, 0.2) is 5.16 Å². The maximum Gasteiger partial charge on any atom is 0.343 e. The topological polar surface area (TPSA) is 100 Å². The molecule has 31 heavy (non-hydrogen) atoms. The minimum atomic E-state index is -0.353. The number of aryl methyl sites for hydroxylation is 1. The summed E-state index contributed by atoms with van der Waals surface area (Å²) in [5.74, 6) is -0.566. The molecule has 0 fully saturated rings. The fourth-order valence-corrected chi connectivity index (χ4v) is 3.88. The number of halogens is 1. The number of carbonyl (C=O) groups excluding carboxylic acids is 2. The first kappa shape index (κ1) is 22.6. The number of likely N-dealkylation sites (N-methyl/N-ethyl adjacent to an activating group) is 1. The number of nitrogens with zero attached hydrogens (tertiary/aromatic N) is 3. The van der Waals surface area contributed by atoms with Crippen molar-refractivity contribution < 1.29 is 9.59 Å². The molecule has 0 saturated carbocycles. The van der Waals surface area contributed by atoms with Crippen molar-refractivity contribution in [3.63, 3.8) is 0 Å². The molecule has 0 atom stereocenters. The normalized spacial score (nSPS) is 10.6. The molecule has 1 aromatic heterocycles. The molecule has 0 aliphatic carbocycles. The number of nitrogens with one attached hydrogen (secondary N) is 2. The molecule has 0 aliphatic rings. The molecule has 162 valence electrons. The quantitative estimate of drug-likeness (QED) is 0.479. The third-order valence-electron chi connectivity index (χ3n) is 4.47. The van der Waals surface area contributed by atoms with Gasteiger partial charge in [-0.25, -0.2) is 9.89 Å². The number of aromatic amines is 1. The van der Waals surface area contributed by atoms with E-state index in [4.69, 9.17) is 11.6 Å².